The molecule has 0 saturated carbocycles. The third-order valence-electron chi connectivity index (χ3n) is 4.53. The highest BCUT2D eigenvalue weighted by Crippen LogP contribution is 2.30. The highest BCUT2D eigenvalue weighted by Gasteiger charge is 2.49. The van der Waals surface area contributed by atoms with Gasteiger partial charge in [-0.15, -0.1) is 0 Å². The predicted molar refractivity (Wildman–Crippen MR) is 92.0 cm³/mol. The molecule has 1 aromatic carbocycles. The molecule has 9 heteroatoms. The molecule has 26 heavy (non-hydrogen) atoms. The summed E-state index contributed by atoms with van der Waals surface area (Å²) >= 11 is 0. The molecule has 3 unspecified atom stereocenters. The van der Waals surface area contributed by atoms with Gasteiger partial charge in [-0.3, -0.25) is 4.79 Å². The van der Waals surface area contributed by atoms with E-state index in [4.69, 9.17) is 9.84 Å². The maximum Gasteiger partial charge on any atom is 0.338 e. The number of carbonyl (C=O) groups excluding carboxylic acids is 1. The van der Waals surface area contributed by atoms with Crippen molar-refractivity contribution in [3.63, 3.8) is 0 Å². The number of morpholine rings is 1. The maximum absolute atomic E-state index is 13.5. The van der Waals surface area contributed by atoms with E-state index in [2.05, 4.69) is 0 Å². The lowest BCUT2D eigenvalue weighted by molar-refractivity contribution is -0.158. The number of sulfone groups is 1. The normalized spacial score (nSPS) is 23.5. The number of hydrogen-bond donors (Lipinski definition) is 1. The van der Waals surface area contributed by atoms with E-state index in [1.54, 1.807) is 30.3 Å². The van der Waals surface area contributed by atoms with Crippen LogP contribution in [0.3, 0.4) is 0 Å². The standard InChI is InChI=1S/C17H22FNO6S/c1-12(8-14(18)16(21)22)19-11-17(26(2,23)24,25-10-15(19)20)9-13-6-4-3-5-7-13/h3-7,12,14H,8-11H2,1-2H3,(H,21,22). The van der Waals surface area contributed by atoms with Crippen LogP contribution in [0.2, 0.25) is 0 Å². The SMILES string of the molecule is CC(CC(F)C(=O)O)N1CC(Cc2ccccc2)(S(C)(=O)=O)OCC1=O. The van der Waals surface area contributed by atoms with E-state index in [0.29, 0.717) is 5.56 Å². The number of benzene rings is 1. The Morgan fingerprint density at radius 3 is 2.54 bits per heavy atom. The van der Waals surface area contributed by atoms with Crippen molar-refractivity contribution >= 4 is 21.7 Å². The van der Waals surface area contributed by atoms with E-state index in [-0.39, 0.29) is 13.0 Å². The lowest BCUT2D eigenvalue weighted by Gasteiger charge is -2.43. The zero-order valence-corrected chi connectivity index (χ0v) is 15.4. The number of amides is 1. The second-order valence-electron chi connectivity index (χ2n) is 6.55. The molecule has 3 atom stereocenters. The number of aliphatic carboxylic acids is 1. The second-order valence-corrected chi connectivity index (χ2v) is 8.83. The number of alkyl halides is 1. The van der Waals surface area contributed by atoms with Gasteiger partial charge in [-0.05, 0) is 12.5 Å². The second kappa shape index (κ2) is 7.71. The summed E-state index contributed by atoms with van der Waals surface area (Å²) < 4.78 is 44.0. The zero-order chi connectivity index (χ0) is 19.5. The molecule has 1 saturated heterocycles. The number of carboxylic acid groups (broad SMARTS) is 1. The topological polar surface area (TPSA) is 101 Å². The summed E-state index contributed by atoms with van der Waals surface area (Å²) in [7, 11) is -3.75. The average Bonchev–Trinajstić information content (AvgIpc) is 2.56. The molecule has 1 aliphatic heterocycles. The van der Waals surface area contributed by atoms with E-state index in [0.717, 1.165) is 6.26 Å². The van der Waals surface area contributed by atoms with Gasteiger partial charge >= 0.3 is 5.97 Å². The molecule has 0 aromatic heterocycles. The number of rotatable bonds is 7. The largest absolute Gasteiger partial charge is 0.479 e. The molecule has 2 rings (SSSR count). The summed E-state index contributed by atoms with van der Waals surface area (Å²) in [5.74, 6) is -2.11. The van der Waals surface area contributed by atoms with Crippen LogP contribution in [0.4, 0.5) is 4.39 Å². The minimum absolute atomic E-state index is 0.0289. The average molecular weight is 387 g/mol. The van der Waals surface area contributed by atoms with Gasteiger partial charge in [-0.2, -0.15) is 0 Å². The first-order chi connectivity index (χ1) is 12.1. The van der Waals surface area contributed by atoms with Gasteiger partial charge < -0.3 is 14.7 Å². The van der Waals surface area contributed by atoms with Crippen molar-refractivity contribution < 1.29 is 32.2 Å². The van der Waals surface area contributed by atoms with E-state index >= 15 is 0 Å². The molecule has 1 aromatic rings. The van der Waals surface area contributed by atoms with Crippen molar-refractivity contribution in [3.8, 4) is 0 Å². The molecule has 0 bridgehead atoms. The molecule has 1 fully saturated rings. The van der Waals surface area contributed by atoms with Gasteiger partial charge in [-0.25, -0.2) is 17.6 Å². The smallest absolute Gasteiger partial charge is 0.338 e. The van der Waals surface area contributed by atoms with Crippen LogP contribution < -0.4 is 0 Å². The Kier molecular flexibility index (Phi) is 6.02. The van der Waals surface area contributed by atoms with Crippen molar-refractivity contribution in [1.82, 2.24) is 4.90 Å². The molecule has 0 aliphatic carbocycles. The van der Waals surface area contributed by atoms with Gasteiger partial charge in [0.2, 0.25) is 5.91 Å². The Labute approximate surface area is 151 Å². The van der Waals surface area contributed by atoms with Crippen LogP contribution in [-0.4, -0.2) is 66.9 Å². The Morgan fingerprint density at radius 1 is 1.38 bits per heavy atom. The first-order valence-corrected chi connectivity index (χ1v) is 9.99. The Morgan fingerprint density at radius 2 is 2.00 bits per heavy atom. The molecule has 0 spiro atoms. The van der Waals surface area contributed by atoms with Crippen LogP contribution in [0.25, 0.3) is 0 Å². The number of carboxylic acids is 1. The lowest BCUT2D eigenvalue weighted by Crippen LogP contribution is -2.61. The molecule has 1 N–H and O–H groups in total. The molecule has 1 heterocycles. The van der Waals surface area contributed by atoms with E-state index in [1.807, 2.05) is 0 Å². The maximum atomic E-state index is 13.5. The van der Waals surface area contributed by atoms with Crippen LogP contribution in [0, 0.1) is 0 Å². The fraction of sp³-hybridized carbons (Fsp3) is 0.529. The molecule has 0 radical (unpaired) electrons. The fourth-order valence-electron chi connectivity index (χ4n) is 2.97. The molecule has 1 amide bonds. The quantitative estimate of drug-likeness (QED) is 0.750. The Hall–Kier alpha value is -2.00. The van der Waals surface area contributed by atoms with Gasteiger partial charge in [0.05, 0.1) is 6.54 Å². The summed E-state index contributed by atoms with van der Waals surface area (Å²) in [6.07, 6.45) is -1.50. The van der Waals surface area contributed by atoms with Gasteiger partial charge in [-0.1, -0.05) is 30.3 Å². The number of ether oxygens (including phenoxy) is 1. The Balaban J connectivity index is 2.30. The van der Waals surface area contributed by atoms with Crippen molar-refractivity contribution in [1.29, 1.82) is 0 Å². The first-order valence-electron chi connectivity index (χ1n) is 8.09. The van der Waals surface area contributed by atoms with Crippen molar-refractivity contribution in [2.75, 3.05) is 19.4 Å². The van der Waals surface area contributed by atoms with Crippen LogP contribution in [-0.2, 0) is 30.6 Å². The summed E-state index contributed by atoms with van der Waals surface area (Å²) in [6.45, 7) is 0.746. The van der Waals surface area contributed by atoms with Crippen molar-refractivity contribution in [3.05, 3.63) is 35.9 Å². The highest BCUT2D eigenvalue weighted by molar-refractivity contribution is 7.92. The minimum atomic E-state index is -3.75. The lowest BCUT2D eigenvalue weighted by atomic mass is 10.0. The molecular weight excluding hydrogens is 365 g/mol. The third-order valence-corrected chi connectivity index (χ3v) is 6.27. The van der Waals surface area contributed by atoms with Crippen molar-refractivity contribution in [2.24, 2.45) is 0 Å². The van der Waals surface area contributed by atoms with E-state index < -0.39 is 51.9 Å². The molecule has 7 nitrogen and oxygen atoms in total. The summed E-state index contributed by atoms with van der Waals surface area (Å²) in [5, 5.41) is 8.72. The minimum Gasteiger partial charge on any atom is -0.479 e. The van der Waals surface area contributed by atoms with E-state index in [1.165, 1.54) is 11.8 Å². The van der Waals surface area contributed by atoms with Gasteiger partial charge in [0.15, 0.2) is 20.9 Å². The fourth-order valence-corrected chi connectivity index (χ4v) is 4.04. The van der Waals surface area contributed by atoms with Gasteiger partial charge in [0, 0.05) is 25.1 Å². The number of halogens is 1. The first kappa shape index (κ1) is 20.3. The van der Waals surface area contributed by atoms with E-state index in [9.17, 15) is 22.4 Å². The molecular formula is C17H22FNO6S. The predicted octanol–water partition coefficient (Wildman–Crippen LogP) is 1.03. The van der Waals surface area contributed by atoms with Gasteiger partial charge in [0.1, 0.15) is 6.61 Å². The van der Waals surface area contributed by atoms with Crippen molar-refractivity contribution in [2.45, 2.75) is 36.9 Å². The van der Waals surface area contributed by atoms with Crippen LogP contribution in [0.5, 0.6) is 0 Å². The summed E-state index contributed by atoms with van der Waals surface area (Å²) in [6, 6.07) is 8.05. The number of hydrogen-bond acceptors (Lipinski definition) is 5. The van der Waals surface area contributed by atoms with Crippen LogP contribution in [0.15, 0.2) is 30.3 Å². The van der Waals surface area contributed by atoms with Crippen LogP contribution >= 0.6 is 0 Å². The summed E-state index contributed by atoms with van der Waals surface area (Å²) in [5.41, 5.74) is 0.716. The zero-order valence-electron chi connectivity index (χ0n) is 14.6. The number of carbonyl (C=O) groups is 2. The monoisotopic (exact) mass is 387 g/mol. The van der Waals surface area contributed by atoms with Crippen LogP contribution in [0.1, 0.15) is 18.9 Å². The number of nitrogens with zero attached hydrogens (tertiary/aromatic N) is 1. The highest BCUT2D eigenvalue weighted by atomic mass is 32.2. The third kappa shape index (κ3) is 4.39. The molecule has 1 aliphatic rings. The Bertz CT molecular complexity index is 769. The van der Waals surface area contributed by atoms with Gasteiger partial charge in [0.25, 0.3) is 0 Å². The molecule has 144 valence electrons. The summed E-state index contributed by atoms with van der Waals surface area (Å²) in [4.78, 5) is 22.5.